The minimum Gasteiger partial charge on any atom is -0.461 e. The fourth-order valence-electron chi connectivity index (χ4n) is 6.57. The molecule has 2 aliphatic heterocycles. The number of rotatable bonds is 4. The minimum atomic E-state index is -0.619. The van der Waals surface area contributed by atoms with Crippen LogP contribution in [0.2, 0.25) is 0 Å². The van der Waals surface area contributed by atoms with Crippen LogP contribution in [0.5, 0.6) is 0 Å². The Morgan fingerprint density at radius 1 is 0.938 bits per heavy atom. The van der Waals surface area contributed by atoms with Gasteiger partial charge in [0, 0.05) is 24.2 Å². The maximum Gasteiger partial charge on any atom is 0.362 e. The quantitative estimate of drug-likeness (QED) is 0.640. The van der Waals surface area contributed by atoms with Crippen molar-refractivity contribution < 1.29 is 9.53 Å². The molecule has 1 saturated carbocycles. The summed E-state index contributed by atoms with van der Waals surface area (Å²) in [5.41, 5.74) is 1.13. The smallest absolute Gasteiger partial charge is 0.362 e. The van der Waals surface area contributed by atoms with Crippen LogP contribution in [0.15, 0.2) is 29.1 Å². The molecule has 1 aromatic heterocycles. The third-order valence-corrected chi connectivity index (χ3v) is 7.89. The number of hydrogen-bond donors (Lipinski definition) is 0. The Hall–Kier alpha value is -2.21. The van der Waals surface area contributed by atoms with Gasteiger partial charge < -0.3 is 9.30 Å². The van der Waals surface area contributed by atoms with Gasteiger partial charge in [-0.3, -0.25) is 9.69 Å². The Kier molecular flexibility index (Phi) is 6.31. The molecule has 2 saturated heterocycles. The molecule has 172 valence electrons. The van der Waals surface area contributed by atoms with E-state index < -0.39 is 5.97 Å². The van der Waals surface area contributed by atoms with Crippen molar-refractivity contribution in [3.8, 4) is 0 Å². The van der Waals surface area contributed by atoms with Gasteiger partial charge in [-0.2, -0.15) is 0 Å². The molecule has 2 bridgehead atoms. The molecule has 3 heterocycles. The first-order valence-electron chi connectivity index (χ1n) is 12.6. The van der Waals surface area contributed by atoms with Crippen molar-refractivity contribution in [3.63, 3.8) is 0 Å². The fraction of sp³-hybridized carbons (Fsp3) is 0.654. The van der Waals surface area contributed by atoms with Crippen molar-refractivity contribution in [1.82, 2.24) is 14.5 Å². The largest absolute Gasteiger partial charge is 0.461 e. The lowest BCUT2D eigenvalue weighted by Crippen LogP contribution is -2.50. The summed E-state index contributed by atoms with van der Waals surface area (Å²) in [5.74, 6) is -0.619. The van der Waals surface area contributed by atoms with Crippen LogP contribution in [0.4, 0.5) is 0 Å². The van der Waals surface area contributed by atoms with Gasteiger partial charge in [0.05, 0.1) is 17.6 Å². The lowest BCUT2D eigenvalue weighted by molar-refractivity contribution is 0.0483. The van der Waals surface area contributed by atoms with Crippen molar-refractivity contribution >= 4 is 17.0 Å². The van der Waals surface area contributed by atoms with Crippen LogP contribution in [0.3, 0.4) is 0 Å². The molecule has 1 aliphatic carbocycles. The molecule has 1 aromatic carbocycles. The molecular formula is C26H35N3O3. The molecule has 2 unspecified atom stereocenters. The number of aromatic nitrogens is 2. The first kappa shape index (κ1) is 21.6. The summed E-state index contributed by atoms with van der Waals surface area (Å²) in [7, 11) is 0. The van der Waals surface area contributed by atoms with Gasteiger partial charge in [0.2, 0.25) is 5.69 Å². The molecule has 0 N–H and O–H groups in total. The molecule has 32 heavy (non-hydrogen) atoms. The number of para-hydroxylation sites is 2. The van der Waals surface area contributed by atoms with Crippen molar-refractivity contribution in [1.29, 1.82) is 0 Å². The Balaban J connectivity index is 1.47. The third kappa shape index (κ3) is 3.98. The summed E-state index contributed by atoms with van der Waals surface area (Å²) < 4.78 is 7.02. The monoisotopic (exact) mass is 437 g/mol. The first-order valence-corrected chi connectivity index (χ1v) is 12.6. The zero-order valence-corrected chi connectivity index (χ0v) is 19.2. The van der Waals surface area contributed by atoms with Gasteiger partial charge in [-0.15, -0.1) is 0 Å². The van der Waals surface area contributed by atoms with E-state index in [0.717, 1.165) is 18.4 Å². The van der Waals surface area contributed by atoms with Crippen molar-refractivity contribution in [2.45, 2.75) is 102 Å². The number of esters is 1. The molecule has 3 atom stereocenters. The topological polar surface area (TPSA) is 64.4 Å². The van der Waals surface area contributed by atoms with Crippen molar-refractivity contribution in [3.05, 3.63) is 40.3 Å². The zero-order chi connectivity index (χ0) is 22.1. The standard InChI is InChI=1S/C26H35N3O3/c1-2-32-26(31)24-25(30)29(23-13-9-8-12-22(23)27-24)21-16-19-14-15-20(17-21)28(19)18-10-6-4-3-5-7-11-18/h8-9,12-13,18-21H,2-7,10-11,14-17H2,1H3/t19-,20?,21?/m0/s1. The third-order valence-electron chi connectivity index (χ3n) is 7.89. The van der Waals surface area contributed by atoms with Crippen molar-refractivity contribution in [2.24, 2.45) is 0 Å². The van der Waals surface area contributed by atoms with Crippen LogP contribution >= 0.6 is 0 Å². The van der Waals surface area contributed by atoms with Gasteiger partial charge in [0.1, 0.15) is 0 Å². The summed E-state index contributed by atoms with van der Waals surface area (Å²) in [6.07, 6.45) is 13.9. The molecule has 0 spiro atoms. The predicted molar refractivity (Wildman–Crippen MR) is 125 cm³/mol. The van der Waals surface area contributed by atoms with Crippen LogP contribution in [0.1, 0.15) is 94.1 Å². The lowest BCUT2D eigenvalue weighted by Gasteiger charge is -2.45. The second-order valence-electron chi connectivity index (χ2n) is 9.80. The van der Waals surface area contributed by atoms with Crippen LogP contribution < -0.4 is 5.56 Å². The summed E-state index contributed by atoms with van der Waals surface area (Å²) in [6, 6.07) is 9.57. The Morgan fingerprint density at radius 3 is 2.28 bits per heavy atom. The Bertz CT molecular complexity index is 1010. The average Bonchev–Trinajstić information content (AvgIpc) is 3.02. The highest BCUT2D eigenvalue weighted by molar-refractivity contribution is 5.89. The summed E-state index contributed by atoms with van der Waals surface area (Å²) >= 11 is 0. The molecule has 5 rings (SSSR count). The number of hydrogen-bond acceptors (Lipinski definition) is 5. The number of ether oxygens (including phenoxy) is 1. The van der Waals surface area contributed by atoms with E-state index in [4.69, 9.17) is 4.74 Å². The van der Waals surface area contributed by atoms with E-state index in [9.17, 15) is 9.59 Å². The molecular weight excluding hydrogens is 402 g/mol. The molecule has 6 nitrogen and oxygen atoms in total. The van der Waals surface area contributed by atoms with Gasteiger partial charge in [0.15, 0.2) is 0 Å². The first-order chi connectivity index (χ1) is 15.7. The number of fused-ring (bicyclic) bond motifs is 3. The molecule has 2 aromatic rings. The molecule has 0 amide bonds. The molecule has 3 aliphatic rings. The van der Waals surface area contributed by atoms with E-state index in [1.165, 1.54) is 57.8 Å². The molecule has 3 fully saturated rings. The van der Waals surface area contributed by atoms with Gasteiger partial charge in [0.25, 0.3) is 5.56 Å². The van der Waals surface area contributed by atoms with Gasteiger partial charge in [-0.05, 0) is 57.6 Å². The average molecular weight is 438 g/mol. The number of piperidine rings is 1. The zero-order valence-electron chi connectivity index (χ0n) is 19.2. The van der Waals surface area contributed by atoms with Crippen LogP contribution in [0, 0.1) is 0 Å². The highest BCUT2D eigenvalue weighted by atomic mass is 16.5. The van der Waals surface area contributed by atoms with Gasteiger partial charge >= 0.3 is 5.97 Å². The van der Waals surface area contributed by atoms with E-state index in [0.29, 0.717) is 23.6 Å². The maximum absolute atomic E-state index is 13.5. The normalized spacial score (nSPS) is 27.2. The maximum atomic E-state index is 13.5. The van der Waals surface area contributed by atoms with E-state index in [-0.39, 0.29) is 23.9 Å². The number of carbonyl (C=O) groups is 1. The highest BCUT2D eigenvalue weighted by Crippen LogP contribution is 2.44. The Morgan fingerprint density at radius 2 is 1.59 bits per heavy atom. The number of nitrogens with zero attached hydrogens (tertiary/aromatic N) is 3. The van der Waals surface area contributed by atoms with Gasteiger partial charge in [-0.25, -0.2) is 9.78 Å². The van der Waals surface area contributed by atoms with Crippen LogP contribution in [-0.4, -0.2) is 45.2 Å². The fourth-order valence-corrected chi connectivity index (χ4v) is 6.57. The van der Waals surface area contributed by atoms with E-state index in [2.05, 4.69) is 9.88 Å². The van der Waals surface area contributed by atoms with E-state index >= 15 is 0 Å². The second-order valence-corrected chi connectivity index (χ2v) is 9.80. The van der Waals surface area contributed by atoms with Gasteiger partial charge in [-0.1, -0.05) is 44.2 Å². The predicted octanol–water partition coefficient (Wildman–Crippen LogP) is 4.85. The number of carbonyl (C=O) groups excluding carboxylic acids is 1. The highest BCUT2D eigenvalue weighted by Gasteiger charge is 2.44. The minimum absolute atomic E-state index is 0.0830. The van der Waals surface area contributed by atoms with E-state index in [1.54, 1.807) is 6.92 Å². The summed E-state index contributed by atoms with van der Waals surface area (Å²) in [6.45, 7) is 1.98. The lowest BCUT2D eigenvalue weighted by atomic mass is 9.89. The van der Waals surface area contributed by atoms with Crippen molar-refractivity contribution in [2.75, 3.05) is 6.61 Å². The Labute approximate surface area is 190 Å². The molecule has 6 heteroatoms. The molecule has 0 radical (unpaired) electrons. The summed E-state index contributed by atoms with van der Waals surface area (Å²) in [4.78, 5) is 33.2. The van der Waals surface area contributed by atoms with Crippen LogP contribution in [0.25, 0.3) is 11.0 Å². The van der Waals surface area contributed by atoms with Crippen LogP contribution in [-0.2, 0) is 4.74 Å². The SMILES string of the molecule is CCOC(=O)c1nc2ccccc2n(C2CC3CC[C@@H](C2)N3C2CCCCCCC2)c1=O. The second kappa shape index (κ2) is 9.34. The number of benzene rings is 1. The summed E-state index contributed by atoms with van der Waals surface area (Å²) in [5, 5.41) is 0. The van der Waals surface area contributed by atoms with E-state index in [1.807, 2.05) is 28.8 Å².